The van der Waals surface area contributed by atoms with Gasteiger partial charge in [0.1, 0.15) is 16.5 Å². The minimum atomic E-state index is -3.50. The molecule has 1 N–H and O–H groups in total. The minimum absolute atomic E-state index is 0.209. The predicted molar refractivity (Wildman–Crippen MR) is 96.6 cm³/mol. The van der Waals surface area contributed by atoms with E-state index in [-0.39, 0.29) is 4.90 Å². The number of nitrogens with one attached hydrogen (secondary N) is 1. The van der Waals surface area contributed by atoms with Gasteiger partial charge in [0.2, 0.25) is 10.0 Å². The molecule has 0 bridgehead atoms. The summed E-state index contributed by atoms with van der Waals surface area (Å²) in [6.45, 7) is 6.20. The van der Waals surface area contributed by atoms with Crippen LogP contribution in [0.2, 0.25) is 0 Å². The van der Waals surface area contributed by atoms with Crippen LogP contribution in [-0.2, 0) is 21.2 Å². The van der Waals surface area contributed by atoms with Crippen molar-refractivity contribution in [3.8, 4) is 0 Å². The zero-order valence-electron chi connectivity index (χ0n) is 15.1. The number of hydrogen-bond acceptors (Lipinski definition) is 7. The summed E-state index contributed by atoms with van der Waals surface area (Å²) in [6.07, 6.45) is 3.18. The number of nitrogens with zero attached hydrogens (tertiary/aromatic N) is 3. The Labute approximate surface area is 153 Å². The Balaban J connectivity index is 1.53. The molecule has 1 fully saturated rings. The molecule has 2 aromatic rings. The van der Waals surface area contributed by atoms with Crippen molar-refractivity contribution in [1.82, 2.24) is 14.4 Å². The molecule has 0 saturated carbocycles. The SMILES string of the molecule is Cc1noc(C)c1CCCNc1ccc(S(=O)(=O)N2CCOCC2)cn1. The largest absolute Gasteiger partial charge is 0.379 e. The third-order valence-corrected chi connectivity index (χ3v) is 6.32. The maximum absolute atomic E-state index is 12.5. The van der Waals surface area contributed by atoms with Crippen LogP contribution in [0.1, 0.15) is 23.4 Å². The van der Waals surface area contributed by atoms with Crippen LogP contribution in [-0.4, -0.2) is 55.7 Å². The first-order chi connectivity index (χ1) is 12.5. The van der Waals surface area contributed by atoms with E-state index in [1.165, 1.54) is 10.5 Å². The summed E-state index contributed by atoms with van der Waals surface area (Å²) in [5, 5.41) is 7.16. The molecule has 142 valence electrons. The van der Waals surface area contributed by atoms with Crippen LogP contribution in [0.15, 0.2) is 27.7 Å². The van der Waals surface area contributed by atoms with Gasteiger partial charge in [-0.2, -0.15) is 4.31 Å². The van der Waals surface area contributed by atoms with Gasteiger partial charge in [-0.25, -0.2) is 13.4 Å². The van der Waals surface area contributed by atoms with Crippen molar-refractivity contribution in [3.63, 3.8) is 0 Å². The Morgan fingerprint density at radius 1 is 1.23 bits per heavy atom. The maximum Gasteiger partial charge on any atom is 0.244 e. The van der Waals surface area contributed by atoms with E-state index in [1.54, 1.807) is 12.1 Å². The van der Waals surface area contributed by atoms with Crippen LogP contribution in [0.25, 0.3) is 0 Å². The normalized spacial score (nSPS) is 15.9. The Hall–Kier alpha value is -1.97. The van der Waals surface area contributed by atoms with E-state index in [9.17, 15) is 8.42 Å². The van der Waals surface area contributed by atoms with Crippen molar-refractivity contribution >= 4 is 15.8 Å². The second-order valence-corrected chi connectivity index (χ2v) is 8.17. The molecule has 1 aliphatic rings. The molecule has 0 spiro atoms. The lowest BCUT2D eigenvalue weighted by Crippen LogP contribution is -2.40. The topological polar surface area (TPSA) is 97.6 Å². The molecule has 0 radical (unpaired) electrons. The molecule has 0 aromatic carbocycles. The van der Waals surface area contributed by atoms with Crippen molar-refractivity contribution < 1.29 is 17.7 Å². The molecule has 9 heteroatoms. The van der Waals surface area contributed by atoms with Gasteiger partial charge in [-0.05, 0) is 38.8 Å². The predicted octanol–water partition coefficient (Wildman–Crippen LogP) is 1.75. The summed E-state index contributed by atoms with van der Waals surface area (Å²) in [7, 11) is -3.50. The first-order valence-corrected chi connectivity index (χ1v) is 10.1. The standard InChI is InChI=1S/C17H24N4O4S/c1-13-16(14(2)25-20-13)4-3-7-18-17-6-5-15(12-19-17)26(22,23)21-8-10-24-11-9-21/h5-6,12H,3-4,7-11H2,1-2H3,(H,18,19). The van der Waals surface area contributed by atoms with Crippen LogP contribution in [0, 0.1) is 13.8 Å². The molecule has 8 nitrogen and oxygen atoms in total. The highest BCUT2D eigenvalue weighted by Gasteiger charge is 2.26. The first-order valence-electron chi connectivity index (χ1n) is 8.68. The van der Waals surface area contributed by atoms with E-state index in [2.05, 4.69) is 15.5 Å². The van der Waals surface area contributed by atoms with E-state index in [1.807, 2.05) is 13.8 Å². The molecule has 1 saturated heterocycles. The lowest BCUT2D eigenvalue weighted by atomic mass is 10.1. The van der Waals surface area contributed by atoms with Gasteiger partial charge in [0.05, 0.1) is 18.9 Å². The van der Waals surface area contributed by atoms with Crippen LogP contribution < -0.4 is 5.32 Å². The summed E-state index contributed by atoms with van der Waals surface area (Å²) in [5.74, 6) is 1.52. The van der Waals surface area contributed by atoms with Gasteiger partial charge in [0, 0.05) is 31.4 Å². The number of hydrogen-bond donors (Lipinski definition) is 1. The van der Waals surface area contributed by atoms with Crippen molar-refractivity contribution in [2.24, 2.45) is 0 Å². The second-order valence-electron chi connectivity index (χ2n) is 6.23. The van der Waals surface area contributed by atoms with E-state index in [4.69, 9.17) is 9.26 Å². The molecular weight excluding hydrogens is 356 g/mol. The molecule has 26 heavy (non-hydrogen) atoms. The number of pyridine rings is 1. The van der Waals surface area contributed by atoms with Gasteiger partial charge in [0.15, 0.2) is 0 Å². The first kappa shape index (κ1) is 18.8. The van der Waals surface area contributed by atoms with Gasteiger partial charge < -0.3 is 14.6 Å². The number of aryl methyl sites for hydroxylation is 2. The third-order valence-electron chi connectivity index (χ3n) is 4.44. The smallest absolute Gasteiger partial charge is 0.244 e. The number of ether oxygens (including phenoxy) is 1. The monoisotopic (exact) mass is 380 g/mol. The Kier molecular flexibility index (Phi) is 5.90. The fourth-order valence-corrected chi connectivity index (χ4v) is 4.27. The van der Waals surface area contributed by atoms with Gasteiger partial charge in [0.25, 0.3) is 0 Å². The fourth-order valence-electron chi connectivity index (χ4n) is 2.91. The molecule has 3 rings (SSSR count). The maximum atomic E-state index is 12.5. The van der Waals surface area contributed by atoms with E-state index >= 15 is 0 Å². The van der Waals surface area contributed by atoms with Crippen LogP contribution in [0.4, 0.5) is 5.82 Å². The third kappa shape index (κ3) is 4.22. The van der Waals surface area contributed by atoms with Crippen molar-refractivity contribution in [2.75, 3.05) is 38.2 Å². The molecule has 0 aliphatic carbocycles. The zero-order chi connectivity index (χ0) is 18.6. The summed E-state index contributed by atoms with van der Waals surface area (Å²) in [4.78, 5) is 4.44. The van der Waals surface area contributed by atoms with Crippen molar-refractivity contribution in [2.45, 2.75) is 31.6 Å². The molecule has 3 heterocycles. The fraction of sp³-hybridized carbons (Fsp3) is 0.529. The van der Waals surface area contributed by atoms with Crippen LogP contribution in [0.5, 0.6) is 0 Å². The highest BCUT2D eigenvalue weighted by molar-refractivity contribution is 7.89. The molecule has 2 aromatic heterocycles. The molecule has 1 aliphatic heterocycles. The van der Waals surface area contributed by atoms with E-state index < -0.39 is 10.0 Å². The molecule has 0 unspecified atom stereocenters. The number of anilines is 1. The highest BCUT2D eigenvalue weighted by Crippen LogP contribution is 2.18. The quantitative estimate of drug-likeness (QED) is 0.731. The van der Waals surface area contributed by atoms with Crippen molar-refractivity contribution in [1.29, 1.82) is 0 Å². The molecule has 0 amide bonds. The van der Waals surface area contributed by atoms with Gasteiger partial charge >= 0.3 is 0 Å². The Morgan fingerprint density at radius 2 is 2.00 bits per heavy atom. The second kappa shape index (κ2) is 8.15. The van der Waals surface area contributed by atoms with E-state index in [0.717, 1.165) is 36.4 Å². The van der Waals surface area contributed by atoms with Crippen LogP contribution in [0.3, 0.4) is 0 Å². The highest BCUT2D eigenvalue weighted by atomic mass is 32.2. The number of aromatic nitrogens is 2. The molecular formula is C17H24N4O4S. The average molecular weight is 380 g/mol. The summed E-state index contributed by atoms with van der Waals surface area (Å²) in [6, 6.07) is 3.29. The lowest BCUT2D eigenvalue weighted by molar-refractivity contribution is 0.0730. The summed E-state index contributed by atoms with van der Waals surface area (Å²) >= 11 is 0. The lowest BCUT2D eigenvalue weighted by Gasteiger charge is -2.25. The van der Waals surface area contributed by atoms with Crippen molar-refractivity contribution in [3.05, 3.63) is 35.3 Å². The zero-order valence-corrected chi connectivity index (χ0v) is 15.9. The Morgan fingerprint density at radius 3 is 2.62 bits per heavy atom. The van der Waals surface area contributed by atoms with Gasteiger partial charge in [-0.3, -0.25) is 0 Å². The molecule has 0 atom stereocenters. The van der Waals surface area contributed by atoms with Gasteiger partial charge in [-0.1, -0.05) is 5.16 Å². The number of morpholine rings is 1. The summed E-state index contributed by atoms with van der Waals surface area (Å²) < 4.78 is 36.9. The minimum Gasteiger partial charge on any atom is -0.379 e. The van der Waals surface area contributed by atoms with Crippen LogP contribution >= 0.6 is 0 Å². The average Bonchev–Trinajstić information content (AvgIpc) is 2.98. The van der Waals surface area contributed by atoms with E-state index in [0.29, 0.717) is 32.1 Å². The Bertz CT molecular complexity index is 807. The number of rotatable bonds is 7. The summed E-state index contributed by atoms with van der Waals surface area (Å²) in [5.41, 5.74) is 2.07. The number of sulfonamides is 1. The van der Waals surface area contributed by atoms with Gasteiger partial charge in [-0.15, -0.1) is 0 Å².